The van der Waals surface area contributed by atoms with Crippen molar-refractivity contribution in [2.24, 2.45) is 4.99 Å². The number of ether oxygens (including phenoxy) is 2. The molecule has 0 amide bonds. The zero-order valence-corrected chi connectivity index (χ0v) is 18.6. The monoisotopic (exact) mass is 459 g/mol. The number of carbonyl (C=O) groups excluding carboxylic acids is 1. The molecule has 0 aliphatic carbocycles. The quantitative estimate of drug-likeness (QED) is 0.489. The first-order chi connectivity index (χ1) is 13.9. The van der Waals surface area contributed by atoms with E-state index in [1.807, 2.05) is 6.92 Å². The molecule has 166 valence electrons. The van der Waals surface area contributed by atoms with Gasteiger partial charge in [-0.2, -0.15) is 8.42 Å². The van der Waals surface area contributed by atoms with Crippen molar-refractivity contribution in [3.8, 4) is 0 Å². The average Bonchev–Trinajstić information content (AvgIpc) is 3.07. The number of aliphatic hydroxyl groups excluding tert-OH is 2. The Morgan fingerprint density at radius 2 is 1.83 bits per heavy atom. The number of hydrogen-bond acceptors (Lipinski definition) is 10. The first kappa shape index (κ1) is 23.2. The minimum atomic E-state index is -4.07. The maximum absolute atomic E-state index is 12.4. The van der Waals surface area contributed by atoms with Crippen LogP contribution in [0.1, 0.15) is 26.3 Å². The lowest BCUT2D eigenvalue weighted by Crippen LogP contribution is -2.56. The van der Waals surface area contributed by atoms with Gasteiger partial charge in [0.05, 0.1) is 11.5 Å². The van der Waals surface area contributed by atoms with Gasteiger partial charge < -0.3 is 19.7 Å². The van der Waals surface area contributed by atoms with Crippen LogP contribution in [0.2, 0.25) is 0 Å². The number of aryl methyl sites for hydroxylation is 1. The fraction of sp³-hybridized carbons (Fsp3) is 0.579. The van der Waals surface area contributed by atoms with Crippen molar-refractivity contribution >= 4 is 32.9 Å². The smallest absolute Gasteiger partial charge is 0.363 e. The van der Waals surface area contributed by atoms with Crippen molar-refractivity contribution in [2.75, 3.05) is 6.61 Å². The molecule has 0 spiro atoms. The molecule has 5 atom stereocenters. The predicted octanol–water partition coefficient (Wildman–Crippen LogP) is 1.00. The Hall–Kier alpha value is -1.50. The van der Waals surface area contributed by atoms with Gasteiger partial charge in [0.1, 0.15) is 35.4 Å². The highest BCUT2D eigenvalue weighted by molar-refractivity contribution is 8.16. The maximum atomic E-state index is 12.4. The van der Waals surface area contributed by atoms with Gasteiger partial charge in [-0.25, -0.2) is 4.79 Å². The molecule has 11 heteroatoms. The molecular formula is C19H25NO8S2. The van der Waals surface area contributed by atoms with Gasteiger partial charge in [-0.3, -0.25) is 9.18 Å². The van der Waals surface area contributed by atoms with Gasteiger partial charge in [-0.1, -0.05) is 29.5 Å². The van der Waals surface area contributed by atoms with E-state index in [1.165, 1.54) is 12.1 Å². The molecule has 1 saturated heterocycles. The van der Waals surface area contributed by atoms with E-state index in [0.717, 1.165) is 17.3 Å². The Labute approximate surface area is 179 Å². The van der Waals surface area contributed by atoms with E-state index in [0.29, 0.717) is 0 Å². The molecule has 0 aromatic heterocycles. The summed E-state index contributed by atoms with van der Waals surface area (Å²) in [5, 5.41) is 20.8. The van der Waals surface area contributed by atoms with Crippen LogP contribution in [0.5, 0.6) is 0 Å². The Bertz CT molecular complexity index is 923. The maximum Gasteiger partial charge on any atom is 0.363 e. The van der Waals surface area contributed by atoms with Gasteiger partial charge in [0.15, 0.2) is 5.04 Å². The molecule has 1 aromatic carbocycles. The van der Waals surface area contributed by atoms with Gasteiger partial charge in [-0.15, -0.1) is 0 Å². The topological polar surface area (TPSA) is 132 Å². The van der Waals surface area contributed by atoms with E-state index in [4.69, 9.17) is 13.7 Å². The molecule has 2 heterocycles. The summed E-state index contributed by atoms with van der Waals surface area (Å²) in [6.45, 7) is 6.48. The highest BCUT2D eigenvalue weighted by Gasteiger charge is 2.50. The van der Waals surface area contributed by atoms with Crippen LogP contribution in [0.25, 0.3) is 0 Å². The van der Waals surface area contributed by atoms with E-state index in [1.54, 1.807) is 32.9 Å². The predicted molar refractivity (Wildman–Crippen MR) is 110 cm³/mol. The Morgan fingerprint density at radius 1 is 1.20 bits per heavy atom. The molecule has 30 heavy (non-hydrogen) atoms. The number of esters is 1. The zero-order valence-electron chi connectivity index (χ0n) is 17.0. The summed E-state index contributed by atoms with van der Waals surface area (Å²) < 4.78 is 40.7. The lowest BCUT2D eigenvalue weighted by Gasteiger charge is -2.37. The van der Waals surface area contributed by atoms with Crippen LogP contribution in [-0.2, 0) is 28.6 Å². The van der Waals surface area contributed by atoms with Crippen molar-refractivity contribution in [3.05, 3.63) is 29.8 Å². The summed E-state index contributed by atoms with van der Waals surface area (Å²) in [4.78, 5) is 16.3. The number of rotatable bonds is 5. The van der Waals surface area contributed by atoms with Gasteiger partial charge in [-0.05, 0) is 39.8 Å². The molecule has 3 rings (SSSR count). The van der Waals surface area contributed by atoms with Crippen LogP contribution in [0.3, 0.4) is 0 Å². The molecule has 2 N–H and O–H groups in total. The second-order valence-electron chi connectivity index (χ2n) is 8.12. The van der Waals surface area contributed by atoms with Gasteiger partial charge in [0.25, 0.3) is 10.1 Å². The van der Waals surface area contributed by atoms with Crippen molar-refractivity contribution in [1.29, 1.82) is 0 Å². The van der Waals surface area contributed by atoms with Crippen LogP contribution in [0.15, 0.2) is 34.2 Å². The van der Waals surface area contributed by atoms with E-state index < -0.39 is 58.1 Å². The summed E-state index contributed by atoms with van der Waals surface area (Å²) in [5.74, 6) is -0.651. The molecular weight excluding hydrogens is 434 g/mol. The third-order valence-corrected chi connectivity index (χ3v) is 6.85. The summed E-state index contributed by atoms with van der Waals surface area (Å²) in [5.41, 5.74) is -0.594. The molecule has 2 aliphatic heterocycles. The number of fused-ring (bicyclic) bond motifs is 1. The molecule has 2 aliphatic rings. The normalized spacial score (nSPS) is 29.3. The summed E-state index contributed by atoms with van der Waals surface area (Å²) >= 11 is 0.961. The molecule has 1 fully saturated rings. The van der Waals surface area contributed by atoms with Gasteiger partial charge in [0.2, 0.25) is 0 Å². The Kier molecular flexibility index (Phi) is 6.61. The lowest BCUT2D eigenvalue weighted by atomic mass is 9.99. The molecule has 0 radical (unpaired) electrons. The van der Waals surface area contributed by atoms with Gasteiger partial charge in [0, 0.05) is 0 Å². The van der Waals surface area contributed by atoms with Crippen LogP contribution < -0.4 is 0 Å². The second-order valence-corrected chi connectivity index (χ2v) is 10.8. The van der Waals surface area contributed by atoms with Crippen LogP contribution in [0, 0.1) is 6.92 Å². The fourth-order valence-electron chi connectivity index (χ4n) is 2.92. The van der Waals surface area contributed by atoms with E-state index in [-0.39, 0.29) is 9.94 Å². The highest BCUT2D eigenvalue weighted by Crippen LogP contribution is 2.37. The summed E-state index contributed by atoms with van der Waals surface area (Å²) in [7, 11) is -4.07. The standard InChI is InChI=1S/C19H25NO8S2/c1-10-5-7-11(8-6-10)30(24,25)26-9-12-14(21)15(22)13-18(27-12)29-16(20-13)17(23)28-19(2,3)4/h5-8,12-15,18,21-22H,9H2,1-4H3/t12-,13-,14+,15-,18-/m1/s1. The first-order valence-corrected chi connectivity index (χ1v) is 11.6. The van der Waals surface area contributed by atoms with Gasteiger partial charge >= 0.3 is 5.97 Å². The van der Waals surface area contributed by atoms with Crippen LogP contribution in [-0.4, -0.2) is 71.6 Å². The van der Waals surface area contributed by atoms with Crippen molar-refractivity contribution < 1.29 is 37.1 Å². The number of aliphatic imine (C=N–C) groups is 1. The van der Waals surface area contributed by atoms with Crippen molar-refractivity contribution in [3.63, 3.8) is 0 Å². The number of benzene rings is 1. The summed E-state index contributed by atoms with van der Waals surface area (Å²) in [6.07, 6.45) is -3.92. The van der Waals surface area contributed by atoms with E-state index in [2.05, 4.69) is 4.99 Å². The lowest BCUT2D eigenvalue weighted by molar-refractivity contribution is -0.161. The van der Waals surface area contributed by atoms with Crippen molar-refractivity contribution in [2.45, 2.75) is 68.0 Å². The minimum Gasteiger partial charge on any atom is -0.455 e. The van der Waals surface area contributed by atoms with Crippen LogP contribution >= 0.6 is 11.8 Å². The number of hydrogen-bond donors (Lipinski definition) is 2. The molecule has 0 saturated carbocycles. The third-order valence-electron chi connectivity index (χ3n) is 4.43. The number of nitrogens with zero attached hydrogens (tertiary/aromatic N) is 1. The number of aliphatic hydroxyl groups is 2. The zero-order chi connectivity index (χ0) is 22.3. The fourth-order valence-corrected chi connectivity index (χ4v) is 4.94. The molecule has 0 unspecified atom stereocenters. The Balaban J connectivity index is 1.65. The average molecular weight is 460 g/mol. The van der Waals surface area contributed by atoms with E-state index in [9.17, 15) is 23.4 Å². The SMILES string of the molecule is Cc1ccc(S(=O)(=O)OC[C@H]2O[C@@H]3SC(C(=O)OC(C)(C)C)=N[C@@H]3[C@@H](O)[C@H]2O)cc1. The third kappa shape index (κ3) is 5.21. The molecule has 1 aromatic rings. The summed E-state index contributed by atoms with van der Waals surface area (Å²) in [6, 6.07) is 5.24. The molecule has 9 nitrogen and oxygen atoms in total. The van der Waals surface area contributed by atoms with Crippen LogP contribution in [0.4, 0.5) is 0 Å². The number of thioether (sulfide) groups is 1. The first-order valence-electron chi connectivity index (χ1n) is 9.33. The number of carbonyl (C=O) groups is 1. The van der Waals surface area contributed by atoms with Crippen molar-refractivity contribution in [1.82, 2.24) is 0 Å². The minimum absolute atomic E-state index is 0.0254. The largest absolute Gasteiger partial charge is 0.455 e. The molecule has 0 bridgehead atoms. The second kappa shape index (κ2) is 8.56. The highest BCUT2D eigenvalue weighted by atomic mass is 32.2. The van der Waals surface area contributed by atoms with E-state index >= 15 is 0 Å². The Morgan fingerprint density at radius 3 is 2.43 bits per heavy atom.